The fourth-order valence-electron chi connectivity index (χ4n) is 2.43. The quantitative estimate of drug-likeness (QED) is 0.727. The molecule has 0 radical (unpaired) electrons. The summed E-state index contributed by atoms with van der Waals surface area (Å²) >= 11 is 0. The average molecular weight is 367 g/mol. The van der Waals surface area contributed by atoms with Gasteiger partial charge in [0.05, 0.1) is 5.69 Å². The molecule has 0 unspecified atom stereocenters. The van der Waals surface area contributed by atoms with Crippen LogP contribution in [0.1, 0.15) is 11.3 Å². The first kappa shape index (κ1) is 18.3. The highest BCUT2D eigenvalue weighted by Crippen LogP contribution is 2.17. The summed E-state index contributed by atoms with van der Waals surface area (Å²) in [6, 6.07) is 15.9. The fraction of sp³-hybridized carbons (Fsp3) is 0.150. The number of hydrogen-bond donors (Lipinski definition) is 1. The van der Waals surface area contributed by atoms with Crippen LogP contribution in [-0.4, -0.2) is 15.7 Å². The van der Waals surface area contributed by atoms with Gasteiger partial charge in [-0.1, -0.05) is 12.1 Å². The number of ether oxygens (including phenoxy) is 1. The van der Waals surface area contributed by atoms with E-state index in [9.17, 15) is 14.0 Å². The summed E-state index contributed by atoms with van der Waals surface area (Å²) in [4.78, 5) is 23.8. The highest BCUT2D eigenvalue weighted by molar-refractivity contribution is 5.90. The molecule has 138 valence electrons. The van der Waals surface area contributed by atoms with Crippen molar-refractivity contribution in [1.82, 2.24) is 9.78 Å². The predicted molar refractivity (Wildman–Crippen MR) is 99.0 cm³/mol. The smallest absolute Gasteiger partial charge is 0.267 e. The van der Waals surface area contributed by atoms with E-state index in [0.29, 0.717) is 17.1 Å². The van der Waals surface area contributed by atoms with Crippen LogP contribution in [0, 0.1) is 12.7 Å². The van der Waals surface area contributed by atoms with E-state index in [1.165, 1.54) is 18.2 Å². The van der Waals surface area contributed by atoms with Gasteiger partial charge in [0.1, 0.15) is 24.7 Å². The van der Waals surface area contributed by atoms with Gasteiger partial charge in [0.15, 0.2) is 0 Å². The maximum atomic E-state index is 13.1. The number of nitrogens with zero attached hydrogens (tertiary/aromatic N) is 2. The number of amides is 1. The van der Waals surface area contributed by atoms with Crippen molar-refractivity contribution in [1.29, 1.82) is 0 Å². The third-order valence-corrected chi connectivity index (χ3v) is 3.73. The number of halogens is 1. The molecule has 1 N–H and O–H groups in total. The zero-order chi connectivity index (χ0) is 19.2. The van der Waals surface area contributed by atoms with E-state index in [1.807, 2.05) is 0 Å². The lowest BCUT2D eigenvalue weighted by molar-refractivity contribution is -0.117. The number of anilines is 1. The molecule has 0 bridgehead atoms. The minimum absolute atomic E-state index is 0.168. The molecular formula is C20H18FN3O3. The molecule has 1 amide bonds. The summed E-state index contributed by atoms with van der Waals surface area (Å²) in [6.07, 6.45) is 0. The van der Waals surface area contributed by atoms with E-state index in [1.54, 1.807) is 49.4 Å². The van der Waals surface area contributed by atoms with Crippen molar-refractivity contribution in [3.8, 4) is 5.75 Å². The number of nitrogens with one attached hydrogen (secondary N) is 1. The monoisotopic (exact) mass is 367 g/mol. The highest BCUT2D eigenvalue weighted by atomic mass is 19.1. The Morgan fingerprint density at radius 3 is 2.67 bits per heavy atom. The Morgan fingerprint density at radius 2 is 1.93 bits per heavy atom. The Bertz CT molecular complexity index is 1000. The van der Waals surface area contributed by atoms with Crippen molar-refractivity contribution in [3.63, 3.8) is 0 Å². The van der Waals surface area contributed by atoms with Crippen LogP contribution < -0.4 is 15.6 Å². The van der Waals surface area contributed by atoms with Crippen LogP contribution >= 0.6 is 0 Å². The van der Waals surface area contributed by atoms with Crippen molar-refractivity contribution in [2.24, 2.45) is 0 Å². The molecule has 0 aliphatic heterocycles. The lowest BCUT2D eigenvalue weighted by atomic mass is 10.2. The summed E-state index contributed by atoms with van der Waals surface area (Å²) in [5, 5.41) is 6.73. The Morgan fingerprint density at radius 1 is 1.15 bits per heavy atom. The number of benzene rings is 2. The molecular weight excluding hydrogens is 349 g/mol. The minimum Gasteiger partial charge on any atom is -0.489 e. The van der Waals surface area contributed by atoms with Gasteiger partial charge >= 0.3 is 0 Å². The molecule has 0 saturated carbocycles. The predicted octanol–water partition coefficient (Wildman–Crippen LogP) is 2.91. The van der Waals surface area contributed by atoms with Crippen molar-refractivity contribution < 1.29 is 13.9 Å². The molecule has 1 heterocycles. The van der Waals surface area contributed by atoms with Crippen molar-refractivity contribution >= 4 is 11.6 Å². The Hall–Kier alpha value is -3.48. The third-order valence-electron chi connectivity index (χ3n) is 3.73. The molecule has 0 aliphatic carbocycles. The summed E-state index contributed by atoms with van der Waals surface area (Å²) in [5.74, 6) is -0.0752. The van der Waals surface area contributed by atoms with Crippen LogP contribution in [0.4, 0.5) is 10.1 Å². The number of carbonyl (C=O) groups excluding carboxylic acids is 1. The van der Waals surface area contributed by atoms with Crippen LogP contribution in [0.25, 0.3) is 0 Å². The number of aryl methyl sites for hydroxylation is 1. The van der Waals surface area contributed by atoms with Crippen LogP contribution in [-0.2, 0) is 17.9 Å². The lowest BCUT2D eigenvalue weighted by Gasteiger charge is -2.09. The summed E-state index contributed by atoms with van der Waals surface area (Å²) < 4.78 is 19.9. The molecule has 1 aromatic heterocycles. The topological polar surface area (TPSA) is 73.2 Å². The summed E-state index contributed by atoms with van der Waals surface area (Å²) in [5.41, 5.74) is 1.61. The SMILES string of the molecule is Cc1ccc(=O)n(CC(=O)Nc2ccc(OCc3cccc(F)c3)cc2)n1. The van der Waals surface area contributed by atoms with Gasteiger partial charge in [-0.15, -0.1) is 0 Å². The van der Waals surface area contributed by atoms with Gasteiger partial charge < -0.3 is 10.1 Å². The standard InChI is InChI=1S/C20H18FN3O3/c1-14-5-10-20(26)24(23-14)12-19(25)22-17-6-8-18(9-7-17)27-13-15-3-2-4-16(21)11-15/h2-11H,12-13H2,1H3,(H,22,25). The van der Waals surface area contributed by atoms with Crippen LogP contribution in [0.2, 0.25) is 0 Å². The van der Waals surface area contributed by atoms with E-state index in [2.05, 4.69) is 10.4 Å². The Kier molecular flexibility index (Phi) is 5.61. The second-order valence-electron chi connectivity index (χ2n) is 5.96. The first-order valence-electron chi connectivity index (χ1n) is 8.31. The van der Waals surface area contributed by atoms with Crippen molar-refractivity contribution in [2.75, 3.05) is 5.32 Å². The first-order valence-corrected chi connectivity index (χ1v) is 8.31. The number of hydrogen-bond acceptors (Lipinski definition) is 4. The first-order chi connectivity index (χ1) is 13.0. The molecule has 0 spiro atoms. The molecule has 3 aromatic rings. The molecule has 0 atom stereocenters. The summed E-state index contributed by atoms with van der Waals surface area (Å²) in [7, 11) is 0. The van der Waals surface area contributed by atoms with E-state index in [-0.39, 0.29) is 30.4 Å². The average Bonchev–Trinajstić information content (AvgIpc) is 2.64. The maximum Gasteiger partial charge on any atom is 0.267 e. The van der Waals surface area contributed by atoms with Crippen molar-refractivity contribution in [3.05, 3.63) is 88.1 Å². The molecule has 0 fully saturated rings. The van der Waals surface area contributed by atoms with Gasteiger partial charge in [0, 0.05) is 11.8 Å². The van der Waals surface area contributed by atoms with Gasteiger partial charge in [-0.3, -0.25) is 9.59 Å². The Balaban J connectivity index is 1.56. The molecule has 6 nitrogen and oxygen atoms in total. The van der Waals surface area contributed by atoms with E-state index >= 15 is 0 Å². The normalized spacial score (nSPS) is 10.4. The molecule has 3 rings (SSSR count). The van der Waals surface area contributed by atoms with E-state index < -0.39 is 0 Å². The maximum absolute atomic E-state index is 13.1. The summed E-state index contributed by atoms with van der Waals surface area (Å²) in [6.45, 7) is 1.82. The number of aromatic nitrogens is 2. The van der Waals surface area contributed by atoms with Gasteiger partial charge in [-0.2, -0.15) is 5.10 Å². The second kappa shape index (κ2) is 8.27. The lowest BCUT2D eigenvalue weighted by Crippen LogP contribution is -2.29. The zero-order valence-electron chi connectivity index (χ0n) is 14.7. The fourth-order valence-corrected chi connectivity index (χ4v) is 2.43. The molecule has 27 heavy (non-hydrogen) atoms. The van der Waals surface area contributed by atoms with E-state index in [0.717, 1.165) is 10.2 Å². The largest absolute Gasteiger partial charge is 0.489 e. The molecule has 0 saturated heterocycles. The van der Waals surface area contributed by atoms with Gasteiger partial charge in [-0.05, 0) is 55.0 Å². The van der Waals surface area contributed by atoms with Crippen LogP contribution in [0.3, 0.4) is 0 Å². The van der Waals surface area contributed by atoms with Crippen LogP contribution in [0.15, 0.2) is 65.5 Å². The number of rotatable bonds is 6. The molecule has 0 aliphatic rings. The van der Waals surface area contributed by atoms with Crippen molar-refractivity contribution in [2.45, 2.75) is 20.1 Å². The molecule has 2 aromatic carbocycles. The number of carbonyl (C=O) groups is 1. The van der Waals surface area contributed by atoms with Gasteiger partial charge in [0.25, 0.3) is 5.56 Å². The molecule has 7 heteroatoms. The van der Waals surface area contributed by atoms with Gasteiger partial charge in [0.2, 0.25) is 5.91 Å². The zero-order valence-corrected chi connectivity index (χ0v) is 14.7. The highest BCUT2D eigenvalue weighted by Gasteiger charge is 2.07. The van der Waals surface area contributed by atoms with E-state index in [4.69, 9.17) is 4.74 Å². The van der Waals surface area contributed by atoms with Crippen LogP contribution in [0.5, 0.6) is 5.75 Å². The van der Waals surface area contributed by atoms with Gasteiger partial charge in [-0.25, -0.2) is 9.07 Å². The second-order valence-corrected chi connectivity index (χ2v) is 5.96. The Labute approximate surface area is 155 Å². The third kappa shape index (κ3) is 5.24. The minimum atomic E-state index is -0.358.